The molecule has 0 saturated heterocycles. The van der Waals surface area contributed by atoms with Gasteiger partial charge in [-0.25, -0.2) is 9.79 Å². The van der Waals surface area contributed by atoms with Gasteiger partial charge in [0.25, 0.3) is 5.56 Å². The number of esters is 1. The van der Waals surface area contributed by atoms with E-state index in [-0.39, 0.29) is 12.2 Å². The molecule has 0 fully saturated rings. The number of benzene rings is 4. The van der Waals surface area contributed by atoms with E-state index in [1.165, 1.54) is 11.3 Å². The first-order chi connectivity index (χ1) is 22.9. The van der Waals surface area contributed by atoms with Crippen LogP contribution < -0.4 is 24.4 Å². The number of ether oxygens (including phenoxy) is 3. The lowest BCUT2D eigenvalue weighted by molar-refractivity contribution is -0.138. The van der Waals surface area contributed by atoms with Crippen molar-refractivity contribution in [3.8, 4) is 11.5 Å². The molecule has 0 spiro atoms. The van der Waals surface area contributed by atoms with E-state index in [0.717, 1.165) is 27.1 Å². The van der Waals surface area contributed by atoms with E-state index < -0.39 is 12.0 Å². The Morgan fingerprint density at radius 2 is 1.74 bits per heavy atom. The summed E-state index contributed by atoms with van der Waals surface area (Å²) < 4.78 is 19.3. The van der Waals surface area contributed by atoms with Crippen LogP contribution in [0.25, 0.3) is 11.8 Å². The summed E-state index contributed by atoms with van der Waals surface area (Å²) in [4.78, 5) is 34.4. The summed E-state index contributed by atoms with van der Waals surface area (Å²) in [5.74, 6) is 0.590. The SMILES string of the molecule is CCOC(=O)C1=C(c2ccccc2)N=c2s/c(=C\c3ccc(OCc4ccc(Cl)cc4)c(OC)c3)c(=O)n2[C@@H]1c1ccc(SC)cc1. The number of methoxy groups -OCH3 is 1. The summed E-state index contributed by atoms with van der Waals surface area (Å²) in [6.45, 7) is 2.30. The zero-order chi connectivity index (χ0) is 32.9. The van der Waals surface area contributed by atoms with Gasteiger partial charge in [0.15, 0.2) is 16.3 Å². The fraction of sp³-hybridized carbons (Fsp3) is 0.162. The number of rotatable bonds is 10. The van der Waals surface area contributed by atoms with E-state index in [4.69, 9.17) is 30.8 Å². The van der Waals surface area contributed by atoms with Crippen LogP contribution in [0.1, 0.15) is 35.2 Å². The first-order valence-electron chi connectivity index (χ1n) is 14.9. The lowest BCUT2D eigenvalue weighted by Crippen LogP contribution is -2.40. The van der Waals surface area contributed by atoms with Crippen LogP contribution in [0.2, 0.25) is 5.02 Å². The number of aromatic nitrogens is 1. The molecule has 6 rings (SSSR count). The predicted molar refractivity (Wildman–Crippen MR) is 188 cm³/mol. The summed E-state index contributed by atoms with van der Waals surface area (Å²) in [6.07, 6.45) is 3.81. The van der Waals surface area contributed by atoms with Gasteiger partial charge in [-0.2, -0.15) is 0 Å². The number of thiazole rings is 1. The average Bonchev–Trinajstić information content (AvgIpc) is 3.41. The van der Waals surface area contributed by atoms with Crippen LogP contribution in [0.15, 0.2) is 117 Å². The summed E-state index contributed by atoms with van der Waals surface area (Å²) >= 11 is 8.90. The van der Waals surface area contributed by atoms with Crippen molar-refractivity contribution in [2.45, 2.75) is 24.5 Å². The highest BCUT2D eigenvalue weighted by molar-refractivity contribution is 7.98. The molecule has 0 bridgehead atoms. The van der Waals surface area contributed by atoms with Crippen molar-refractivity contribution in [3.63, 3.8) is 0 Å². The van der Waals surface area contributed by atoms with Crippen LogP contribution in [-0.2, 0) is 16.1 Å². The van der Waals surface area contributed by atoms with Crippen molar-refractivity contribution < 1.29 is 19.0 Å². The Labute approximate surface area is 285 Å². The maximum absolute atomic E-state index is 14.2. The Morgan fingerprint density at radius 3 is 2.43 bits per heavy atom. The summed E-state index contributed by atoms with van der Waals surface area (Å²) in [5, 5.41) is 0.661. The van der Waals surface area contributed by atoms with E-state index in [1.54, 1.807) is 36.4 Å². The van der Waals surface area contributed by atoms with E-state index in [1.807, 2.05) is 103 Å². The molecule has 1 aliphatic heterocycles. The molecule has 2 heterocycles. The van der Waals surface area contributed by atoms with Crippen LogP contribution in [0.4, 0.5) is 0 Å². The standard InChI is InChI=1S/C37H31ClN2O5S2/c1-4-44-36(42)32-33(25-8-6-5-7-9-25)39-37-40(34(32)26-13-17-28(46-3)18-14-26)35(41)31(47-37)21-24-12-19-29(30(20-24)43-2)45-22-23-10-15-27(38)16-11-23/h5-21,34H,4,22H2,1-3H3/b31-21-/t34-/m1/s1. The molecule has 7 nitrogen and oxygen atoms in total. The van der Waals surface area contributed by atoms with Crippen molar-refractivity contribution in [2.24, 2.45) is 4.99 Å². The minimum Gasteiger partial charge on any atom is -0.493 e. The third kappa shape index (κ3) is 6.93. The van der Waals surface area contributed by atoms with Crippen molar-refractivity contribution in [1.82, 2.24) is 4.57 Å². The van der Waals surface area contributed by atoms with Gasteiger partial charge in [-0.05, 0) is 72.3 Å². The van der Waals surface area contributed by atoms with Gasteiger partial charge < -0.3 is 14.2 Å². The highest BCUT2D eigenvalue weighted by atomic mass is 35.5. The number of nitrogens with zero attached hydrogens (tertiary/aromatic N) is 2. The second-order valence-electron chi connectivity index (χ2n) is 10.5. The Balaban J connectivity index is 1.46. The molecule has 0 aliphatic carbocycles. The van der Waals surface area contributed by atoms with Gasteiger partial charge in [0.2, 0.25) is 0 Å². The monoisotopic (exact) mass is 682 g/mol. The van der Waals surface area contributed by atoms with Gasteiger partial charge >= 0.3 is 5.97 Å². The van der Waals surface area contributed by atoms with Crippen molar-refractivity contribution in [1.29, 1.82) is 0 Å². The molecule has 47 heavy (non-hydrogen) atoms. The molecule has 0 radical (unpaired) electrons. The first kappa shape index (κ1) is 32.4. The third-order valence-electron chi connectivity index (χ3n) is 7.60. The summed E-state index contributed by atoms with van der Waals surface area (Å²) in [6, 6.07) is 29.6. The minimum atomic E-state index is -0.739. The van der Waals surface area contributed by atoms with Gasteiger partial charge in [-0.1, -0.05) is 83.6 Å². The molecule has 1 atom stereocenters. The molecule has 4 aromatic carbocycles. The molecule has 1 aromatic heterocycles. The molecule has 238 valence electrons. The normalized spacial score (nSPS) is 14.4. The van der Waals surface area contributed by atoms with Gasteiger partial charge in [-0.3, -0.25) is 9.36 Å². The highest BCUT2D eigenvalue weighted by Gasteiger charge is 2.35. The molecule has 0 saturated carbocycles. The first-order valence-corrected chi connectivity index (χ1v) is 17.3. The van der Waals surface area contributed by atoms with Crippen molar-refractivity contribution in [2.75, 3.05) is 20.0 Å². The largest absolute Gasteiger partial charge is 0.493 e. The summed E-state index contributed by atoms with van der Waals surface area (Å²) in [7, 11) is 1.58. The highest BCUT2D eigenvalue weighted by Crippen LogP contribution is 2.36. The van der Waals surface area contributed by atoms with Gasteiger partial charge in [0, 0.05) is 15.5 Å². The fourth-order valence-electron chi connectivity index (χ4n) is 5.33. The van der Waals surface area contributed by atoms with E-state index in [9.17, 15) is 9.59 Å². The molecular weight excluding hydrogens is 652 g/mol. The van der Waals surface area contributed by atoms with E-state index in [2.05, 4.69) is 0 Å². The van der Waals surface area contributed by atoms with E-state index >= 15 is 0 Å². The van der Waals surface area contributed by atoms with Crippen molar-refractivity contribution >= 4 is 52.4 Å². The quantitative estimate of drug-likeness (QED) is 0.118. The number of carbonyl (C=O) groups excluding carboxylic acids is 1. The average molecular weight is 683 g/mol. The Kier molecular flexibility index (Phi) is 9.96. The molecule has 10 heteroatoms. The number of hydrogen-bond acceptors (Lipinski definition) is 8. The topological polar surface area (TPSA) is 79.1 Å². The zero-order valence-electron chi connectivity index (χ0n) is 25.9. The molecule has 5 aromatic rings. The van der Waals surface area contributed by atoms with Crippen LogP contribution in [0, 0.1) is 0 Å². The van der Waals surface area contributed by atoms with Gasteiger partial charge in [-0.15, -0.1) is 11.8 Å². The maximum atomic E-state index is 14.2. The van der Waals surface area contributed by atoms with Gasteiger partial charge in [0.05, 0.1) is 35.6 Å². The molecule has 0 N–H and O–H groups in total. The molecule has 0 amide bonds. The number of fused-ring (bicyclic) bond motifs is 1. The van der Waals surface area contributed by atoms with Crippen LogP contribution in [0.5, 0.6) is 11.5 Å². The number of thioether (sulfide) groups is 1. The second kappa shape index (κ2) is 14.5. The van der Waals surface area contributed by atoms with Crippen LogP contribution in [-0.4, -0.2) is 30.5 Å². The Morgan fingerprint density at radius 1 is 1.00 bits per heavy atom. The smallest absolute Gasteiger partial charge is 0.338 e. The summed E-state index contributed by atoms with van der Waals surface area (Å²) in [5.41, 5.74) is 3.81. The number of carbonyl (C=O) groups is 1. The zero-order valence-corrected chi connectivity index (χ0v) is 28.3. The third-order valence-corrected chi connectivity index (χ3v) is 9.58. The molecule has 0 unspecified atom stereocenters. The maximum Gasteiger partial charge on any atom is 0.338 e. The second-order valence-corrected chi connectivity index (χ2v) is 12.9. The number of halogens is 1. The van der Waals surface area contributed by atoms with Crippen molar-refractivity contribution in [3.05, 3.63) is 150 Å². The lowest BCUT2D eigenvalue weighted by Gasteiger charge is -2.26. The van der Waals surface area contributed by atoms with Crippen LogP contribution in [0.3, 0.4) is 0 Å². The minimum absolute atomic E-state index is 0.189. The lowest BCUT2D eigenvalue weighted by atomic mass is 9.93. The Bertz CT molecular complexity index is 2120. The molecular formula is C37H31ClN2O5S2. The fourth-order valence-corrected chi connectivity index (χ4v) is 6.86. The predicted octanol–water partition coefficient (Wildman–Crippen LogP) is 6.90. The Hall–Kier alpha value is -4.57. The van der Waals surface area contributed by atoms with Gasteiger partial charge in [0.1, 0.15) is 6.61 Å². The molecule has 1 aliphatic rings. The van der Waals surface area contributed by atoms with E-state index in [0.29, 0.717) is 43.7 Å². The number of hydrogen-bond donors (Lipinski definition) is 0. The van der Waals surface area contributed by atoms with Crippen LogP contribution >= 0.6 is 34.7 Å².